The van der Waals surface area contributed by atoms with Gasteiger partial charge in [-0.15, -0.1) is 0 Å². The molecule has 0 aliphatic heterocycles. The molecule has 15 heavy (non-hydrogen) atoms. The summed E-state index contributed by atoms with van der Waals surface area (Å²) in [5.41, 5.74) is 0. The summed E-state index contributed by atoms with van der Waals surface area (Å²) in [5, 5.41) is 7.64. The van der Waals surface area contributed by atoms with E-state index in [-0.39, 0.29) is 0 Å². The van der Waals surface area contributed by atoms with Crippen molar-refractivity contribution in [3.63, 3.8) is 0 Å². The molecule has 2 N–H and O–H groups in total. The van der Waals surface area contributed by atoms with Crippen molar-refractivity contribution in [1.82, 2.24) is 10.6 Å². The third-order valence-electron chi connectivity index (χ3n) is 3.73. The second-order valence-electron chi connectivity index (χ2n) is 5.53. The highest BCUT2D eigenvalue weighted by Crippen LogP contribution is 2.44. The molecular weight excluding hydrogens is 204 g/mol. The predicted octanol–water partition coefficient (Wildman–Crippen LogP) is 2.30. The van der Waals surface area contributed by atoms with Crippen molar-refractivity contribution in [1.29, 1.82) is 0 Å². The van der Waals surface area contributed by atoms with Gasteiger partial charge in [0.1, 0.15) is 0 Å². The molecule has 2 nitrogen and oxygen atoms in total. The molecule has 0 heterocycles. The fourth-order valence-electron chi connectivity index (χ4n) is 2.94. The molecule has 2 aliphatic rings. The molecule has 0 unspecified atom stereocenters. The summed E-state index contributed by atoms with van der Waals surface area (Å²) in [6.07, 6.45) is 5.64. The summed E-state index contributed by atoms with van der Waals surface area (Å²) in [4.78, 5) is 0. The van der Waals surface area contributed by atoms with E-state index in [1.54, 1.807) is 0 Å². The molecule has 0 aromatic heterocycles. The van der Waals surface area contributed by atoms with Crippen molar-refractivity contribution in [3.05, 3.63) is 0 Å². The first-order valence-corrected chi connectivity index (χ1v) is 6.60. The summed E-state index contributed by atoms with van der Waals surface area (Å²) < 4.78 is 0. The summed E-state index contributed by atoms with van der Waals surface area (Å²) in [7, 11) is 0. The molecule has 2 rings (SSSR count). The van der Waals surface area contributed by atoms with Gasteiger partial charge in [0.2, 0.25) is 0 Å². The Bertz CT molecular complexity index is 240. The normalized spacial score (nSPS) is 33.4. The standard InChI is InChI=1S/C12H22N2S/c1-8(2)7-13-12(15)14-11-6-9-3-4-10(11)5-9/h8-11H,3-7H2,1-2H3,(H2,13,14,15)/t9-,10+,11-/m1/s1. The van der Waals surface area contributed by atoms with Crippen LogP contribution in [-0.4, -0.2) is 17.7 Å². The minimum absolute atomic E-state index is 0.657. The molecule has 0 spiro atoms. The van der Waals surface area contributed by atoms with Crippen molar-refractivity contribution in [3.8, 4) is 0 Å². The zero-order valence-corrected chi connectivity index (χ0v) is 10.6. The lowest BCUT2D eigenvalue weighted by molar-refractivity contribution is 0.388. The number of fused-ring (bicyclic) bond motifs is 2. The van der Waals surface area contributed by atoms with Crippen LogP contribution in [0.5, 0.6) is 0 Å². The second kappa shape index (κ2) is 4.69. The van der Waals surface area contributed by atoms with Gasteiger partial charge in [0.25, 0.3) is 0 Å². The number of hydrogen-bond acceptors (Lipinski definition) is 1. The molecule has 2 fully saturated rings. The lowest BCUT2D eigenvalue weighted by atomic mass is 9.96. The van der Waals surface area contributed by atoms with Gasteiger partial charge in [0.15, 0.2) is 5.11 Å². The lowest BCUT2D eigenvalue weighted by Crippen LogP contribution is -2.45. The number of hydrogen-bond donors (Lipinski definition) is 2. The van der Waals surface area contributed by atoms with Crippen LogP contribution in [0.4, 0.5) is 0 Å². The summed E-state index contributed by atoms with van der Waals surface area (Å²) in [5.74, 6) is 2.54. The number of thiocarbonyl (C=S) groups is 1. The van der Waals surface area contributed by atoms with Crippen LogP contribution in [0.1, 0.15) is 39.5 Å². The van der Waals surface area contributed by atoms with Gasteiger partial charge in [-0.05, 0) is 49.2 Å². The van der Waals surface area contributed by atoms with Gasteiger partial charge in [-0.25, -0.2) is 0 Å². The number of nitrogens with one attached hydrogen (secondary N) is 2. The van der Waals surface area contributed by atoms with Crippen LogP contribution in [0.25, 0.3) is 0 Å². The monoisotopic (exact) mass is 226 g/mol. The highest BCUT2D eigenvalue weighted by Gasteiger charge is 2.39. The minimum Gasteiger partial charge on any atom is -0.362 e. The van der Waals surface area contributed by atoms with Gasteiger partial charge in [0, 0.05) is 12.6 Å². The van der Waals surface area contributed by atoms with Gasteiger partial charge in [-0.1, -0.05) is 20.3 Å². The fraction of sp³-hybridized carbons (Fsp3) is 0.917. The molecule has 0 radical (unpaired) electrons. The molecule has 0 aromatic rings. The minimum atomic E-state index is 0.657. The van der Waals surface area contributed by atoms with Gasteiger partial charge in [-0.2, -0.15) is 0 Å². The fourth-order valence-corrected chi connectivity index (χ4v) is 3.17. The van der Waals surface area contributed by atoms with Crippen molar-refractivity contribution in [2.45, 2.75) is 45.6 Å². The zero-order valence-electron chi connectivity index (χ0n) is 9.75. The highest BCUT2D eigenvalue weighted by molar-refractivity contribution is 7.80. The van der Waals surface area contributed by atoms with E-state index in [0.717, 1.165) is 23.5 Å². The summed E-state index contributed by atoms with van der Waals surface area (Å²) >= 11 is 5.30. The van der Waals surface area contributed by atoms with E-state index in [1.807, 2.05) is 0 Å². The van der Waals surface area contributed by atoms with Crippen molar-refractivity contribution < 1.29 is 0 Å². The maximum absolute atomic E-state index is 5.30. The molecule has 2 aliphatic carbocycles. The summed E-state index contributed by atoms with van der Waals surface area (Å²) in [6.45, 7) is 5.38. The van der Waals surface area contributed by atoms with Gasteiger partial charge >= 0.3 is 0 Å². The molecule has 3 heteroatoms. The van der Waals surface area contributed by atoms with E-state index < -0.39 is 0 Å². The van der Waals surface area contributed by atoms with E-state index >= 15 is 0 Å². The Balaban J connectivity index is 1.71. The maximum Gasteiger partial charge on any atom is 0.166 e. The summed E-state index contributed by atoms with van der Waals surface area (Å²) in [6, 6.07) is 0.663. The Morgan fingerprint density at radius 3 is 2.67 bits per heavy atom. The molecule has 2 bridgehead atoms. The van der Waals surface area contributed by atoms with Gasteiger partial charge < -0.3 is 10.6 Å². The topological polar surface area (TPSA) is 24.1 Å². The molecule has 3 atom stereocenters. The van der Waals surface area contributed by atoms with Gasteiger partial charge in [-0.3, -0.25) is 0 Å². The molecule has 0 amide bonds. The molecule has 0 saturated heterocycles. The van der Waals surface area contributed by atoms with E-state index in [4.69, 9.17) is 12.2 Å². The molecular formula is C12H22N2S. The van der Waals surface area contributed by atoms with Crippen LogP contribution >= 0.6 is 12.2 Å². The van der Waals surface area contributed by atoms with Crippen LogP contribution in [0.3, 0.4) is 0 Å². The Hall–Kier alpha value is -0.310. The van der Waals surface area contributed by atoms with Gasteiger partial charge in [0.05, 0.1) is 0 Å². The third-order valence-corrected chi connectivity index (χ3v) is 3.99. The third kappa shape index (κ3) is 2.83. The van der Waals surface area contributed by atoms with Crippen LogP contribution < -0.4 is 10.6 Å². The Labute approximate surface area is 98.2 Å². The van der Waals surface area contributed by atoms with Crippen molar-refractivity contribution in [2.75, 3.05) is 6.54 Å². The van der Waals surface area contributed by atoms with Crippen LogP contribution in [0, 0.1) is 17.8 Å². The molecule has 0 aromatic carbocycles. The van der Waals surface area contributed by atoms with Crippen LogP contribution in [0.2, 0.25) is 0 Å². The average Bonchev–Trinajstić information content (AvgIpc) is 2.76. The first kappa shape index (κ1) is 11.2. The zero-order chi connectivity index (χ0) is 10.8. The smallest absolute Gasteiger partial charge is 0.166 e. The maximum atomic E-state index is 5.30. The Morgan fingerprint density at radius 1 is 1.33 bits per heavy atom. The highest BCUT2D eigenvalue weighted by atomic mass is 32.1. The second-order valence-corrected chi connectivity index (χ2v) is 5.94. The van der Waals surface area contributed by atoms with E-state index in [1.165, 1.54) is 25.7 Å². The average molecular weight is 226 g/mol. The van der Waals surface area contributed by atoms with E-state index in [0.29, 0.717) is 12.0 Å². The van der Waals surface area contributed by atoms with E-state index in [9.17, 15) is 0 Å². The number of rotatable bonds is 3. The first-order chi connectivity index (χ1) is 7.15. The largest absolute Gasteiger partial charge is 0.362 e. The van der Waals surface area contributed by atoms with Crippen LogP contribution in [0.15, 0.2) is 0 Å². The molecule has 2 saturated carbocycles. The van der Waals surface area contributed by atoms with Crippen LogP contribution in [-0.2, 0) is 0 Å². The first-order valence-electron chi connectivity index (χ1n) is 6.19. The Morgan fingerprint density at radius 2 is 2.13 bits per heavy atom. The van der Waals surface area contributed by atoms with Crippen molar-refractivity contribution in [2.24, 2.45) is 17.8 Å². The molecule has 86 valence electrons. The lowest BCUT2D eigenvalue weighted by Gasteiger charge is -2.24. The Kier molecular flexibility index (Phi) is 3.49. The SMILES string of the molecule is CC(C)CNC(=S)N[C@@H]1C[C@@H]2CC[C@H]1C2. The quantitative estimate of drug-likeness (QED) is 0.722. The van der Waals surface area contributed by atoms with E-state index in [2.05, 4.69) is 24.5 Å². The predicted molar refractivity (Wildman–Crippen MR) is 67.8 cm³/mol. The van der Waals surface area contributed by atoms with Crippen molar-refractivity contribution >= 4 is 17.3 Å².